The van der Waals surface area contributed by atoms with E-state index in [1.165, 1.54) is 10.5 Å². The summed E-state index contributed by atoms with van der Waals surface area (Å²) in [7, 11) is 0. The fourth-order valence-corrected chi connectivity index (χ4v) is 4.16. The van der Waals surface area contributed by atoms with Crippen LogP contribution < -0.4 is 4.90 Å². The van der Waals surface area contributed by atoms with Gasteiger partial charge in [-0.25, -0.2) is 4.90 Å². The van der Waals surface area contributed by atoms with Crippen LogP contribution >= 0.6 is 23.2 Å². The predicted molar refractivity (Wildman–Crippen MR) is 111 cm³/mol. The molecule has 2 aliphatic rings. The molecule has 2 saturated heterocycles. The Morgan fingerprint density at radius 3 is 2.29 bits per heavy atom. The SMILES string of the molecule is O=C1CC(N2CCN(Cc3ccccc3)CC2)C(=O)N1c1ccc(Cl)c(Cl)c1. The molecule has 1 atom stereocenters. The van der Waals surface area contributed by atoms with Crippen molar-refractivity contribution in [1.29, 1.82) is 0 Å². The second kappa shape index (κ2) is 8.21. The van der Waals surface area contributed by atoms with Gasteiger partial charge in [-0.1, -0.05) is 53.5 Å². The fraction of sp³-hybridized carbons (Fsp3) is 0.333. The molecule has 146 valence electrons. The molecule has 4 rings (SSSR count). The van der Waals surface area contributed by atoms with E-state index in [1.54, 1.807) is 18.2 Å². The lowest BCUT2D eigenvalue weighted by atomic mass is 10.1. The van der Waals surface area contributed by atoms with E-state index < -0.39 is 6.04 Å². The largest absolute Gasteiger partial charge is 0.297 e. The average molecular weight is 418 g/mol. The fourth-order valence-electron chi connectivity index (χ4n) is 3.87. The minimum absolute atomic E-state index is 0.181. The first-order valence-electron chi connectivity index (χ1n) is 9.35. The molecule has 28 heavy (non-hydrogen) atoms. The topological polar surface area (TPSA) is 43.9 Å². The monoisotopic (exact) mass is 417 g/mol. The lowest BCUT2D eigenvalue weighted by Crippen LogP contribution is -2.52. The highest BCUT2D eigenvalue weighted by atomic mass is 35.5. The molecule has 0 aliphatic carbocycles. The van der Waals surface area contributed by atoms with E-state index in [0.717, 1.165) is 32.7 Å². The van der Waals surface area contributed by atoms with Crippen molar-refractivity contribution in [3.05, 3.63) is 64.1 Å². The molecule has 0 bridgehead atoms. The first-order chi connectivity index (χ1) is 13.5. The standard InChI is InChI=1S/C21H21Cl2N3O2/c22-17-7-6-16(12-18(17)23)26-20(27)13-19(21(26)28)25-10-8-24(9-11-25)14-15-4-2-1-3-5-15/h1-7,12,19H,8-11,13-14H2. The molecule has 2 amide bonds. The van der Waals surface area contributed by atoms with E-state index in [2.05, 4.69) is 21.9 Å². The molecule has 2 heterocycles. The molecule has 2 fully saturated rings. The third-order valence-corrected chi connectivity index (χ3v) is 6.12. The summed E-state index contributed by atoms with van der Waals surface area (Å²) in [6, 6.07) is 14.8. The molecular formula is C21H21Cl2N3O2. The Bertz CT molecular complexity index is 882. The zero-order valence-electron chi connectivity index (χ0n) is 15.4. The van der Waals surface area contributed by atoms with E-state index in [-0.39, 0.29) is 18.2 Å². The second-order valence-electron chi connectivity index (χ2n) is 7.18. The molecule has 0 spiro atoms. The Labute approximate surface area is 174 Å². The molecule has 0 aromatic heterocycles. The van der Waals surface area contributed by atoms with Gasteiger partial charge in [-0.3, -0.25) is 19.4 Å². The summed E-state index contributed by atoms with van der Waals surface area (Å²) >= 11 is 12.0. The van der Waals surface area contributed by atoms with Gasteiger partial charge in [-0.2, -0.15) is 0 Å². The zero-order valence-corrected chi connectivity index (χ0v) is 16.9. The lowest BCUT2D eigenvalue weighted by molar-refractivity contribution is -0.123. The van der Waals surface area contributed by atoms with Crippen LogP contribution in [0.3, 0.4) is 0 Å². The van der Waals surface area contributed by atoms with Crippen LogP contribution in [-0.4, -0.2) is 53.8 Å². The molecule has 1 unspecified atom stereocenters. The van der Waals surface area contributed by atoms with Gasteiger partial charge in [0.1, 0.15) is 0 Å². The van der Waals surface area contributed by atoms with Gasteiger partial charge in [-0.15, -0.1) is 0 Å². The van der Waals surface area contributed by atoms with E-state index in [4.69, 9.17) is 23.2 Å². The van der Waals surface area contributed by atoms with Gasteiger partial charge < -0.3 is 0 Å². The summed E-state index contributed by atoms with van der Waals surface area (Å²) in [4.78, 5) is 31.2. The van der Waals surface area contributed by atoms with Crippen LogP contribution in [0, 0.1) is 0 Å². The summed E-state index contributed by atoms with van der Waals surface area (Å²) in [6.45, 7) is 4.19. The van der Waals surface area contributed by atoms with Crippen LogP contribution in [0.5, 0.6) is 0 Å². The average Bonchev–Trinajstić information content (AvgIpc) is 3.00. The molecule has 0 N–H and O–H groups in total. The van der Waals surface area contributed by atoms with Crippen molar-refractivity contribution in [2.24, 2.45) is 0 Å². The first-order valence-corrected chi connectivity index (χ1v) is 10.1. The van der Waals surface area contributed by atoms with E-state index in [9.17, 15) is 9.59 Å². The number of rotatable bonds is 4. The summed E-state index contributed by atoms with van der Waals surface area (Å²) in [5.74, 6) is -0.375. The number of amides is 2. The molecular weight excluding hydrogens is 397 g/mol. The van der Waals surface area contributed by atoms with Crippen molar-refractivity contribution in [2.45, 2.75) is 19.0 Å². The molecule has 2 aromatic carbocycles. The Hall–Kier alpha value is -1.92. The first kappa shape index (κ1) is 19.4. The van der Waals surface area contributed by atoms with Gasteiger partial charge in [-0.05, 0) is 23.8 Å². The Morgan fingerprint density at radius 1 is 0.893 bits per heavy atom. The summed E-state index contributed by atoms with van der Waals surface area (Å²) in [6.07, 6.45) is 0.206. The van der Waals surface area contributed by atoms with Gasteiger partial charge in [0.15, 0.2) is 0 Å². The van der Waals surface area contributed by atoms with E-state index in [0.29, 0.717) is 15.7 Å². The van der Waals surface area contributed by atoms with Crippen LogP contribution in [0.15, 0.2) is 48.5 Å². The van der Waals surface area contributed by atoms with Gasteiger partial charge in [0.05, 0.1) is 28.2 Å². The molecule has 7 heteroatoms. The van der Waals surface area contributed by atoms with Crippen molar-refractivity contribution < 1.29 is 9.59 Å². The number of anilines is 1. The number of nitrogens with zero attached hydrogens (tertiary/aromatic N) is 3. The van der Waals surface area contributed by atoms with Crippen LogP contribution in [0.25, 0.3) is 0 Å². The minimum atomic E-state index is -0.402. The number of carbonyl (C=O) groups excluding carboxylic acids is 2. The molecule has 2 aromatic rings. The summed E-state index contributed by atoms with van der Waals surface area (Å²) < 4.78 is 0. The van der Waals surface area contributed by atoms with Crippen molar-refractivity contribution in [1.82, 2.24) is 9.80 Å². The van der Waals surface area contributed by atoms with Gasteiger partial charge in [0.25, 0.3) is 5.91 Å². The van der Waals surface area contributed by atoms with E-state index >= 15 is 0 Å². The van der Waals surface area contributed by atoms with Crippen LogP contribution in [0.4, 0.5) is 5.69 Å². The molecule has 2 aliphatic heterocycles. The maximum atomic E-state index is 13.0. The van der Waals surface area contributed by atoms with Gasteiger partial charge in [0.2, 0.25) is 5.91 Å². The normalized spacial score (nSPS) is 21.5. The van der Waals surface area contributed by atoms with Crippen LogP contribution in [-0.2, 0) is 16.1 Å². The highest BCUT2D eigenvalue weighted by Crippen LogP contribution is 2.31. The molecule has 0 radical (unpaired) electrons. The number of hydrogen-bond donors (Lipinski definition) is 0. The second-order valence-corrected chi connectivity index (χ2v) is 8.00. The third-order valence-electron chi connectivity index (χ3n) is 5.38. The number of imide groups is 1. The van der Waals surface area contributed by atoms with Crippen LogP contribution in [0.1, 0.15) is 12.0 Å². The van der Waals surface area contributed by atoms with Crippen molar-refractivity contribution >= 4 is 40.7 Å². The molecule has 5 nitrogen and oxygen atoms in total. The number of hydrogen-bond acceptors (Lipinski definition) is 4. The number of benzene rings is 2. The van der Waals surface area contributed by atoms with Gasteiger partial charge >= 0.3 is 0 Å². The summed E-state index contributed by atoms with van der Waals surface area (Å²) in [5, 5.41) is 0.730. The number of piperazine rings is 1. The Balaban J connectivity index is 1.40. The van der Waals surface area contributed by atoms with Crippen molar-refractivity contribution in [3.63, 3.8) is 0 Å². The maximum absolute atomic E-state index is 13.0. The Morgan fingerprint density at radius 2 is 1.61 bits per heavy atom. The lowest BCUT2D eigenvalue weighted by Gasteiger charge is -2.37. The van der Waals surface area contributed by atoms with E-state index in [1.807, 2.05) is 18.2 Å². The third kappa shape index (κ3) is 3.94. The highest BCUT2D eigenvalue weighted by Gasteiger charge is 2.43. The number of carbonyl (C=O) groups is 2. The quantitative estimate of drug-likeness (QED) is 0.714. The minimum Gasteiger partial charge on any atom is -0.297 e. The smallest absolute Gasteiger partial charge is 0.251 e. The van der Waals surface area contributed by atoms with Crippen LogP contribution in [0.2, 0.25) is 10.0 Å². The zero-order chi connectivity index (χ0) is 19.7. The maximum Gasteiger partial charge on any atom is 0.251 e. The van der Waals surface area contributed by atoms with Crippen molar-refractivity contribution in [3.8, 4) is 0 Å². The highest BCUT2D eigenvalue weighted by molar-refractivity contribution is 6.42. The Kier molecular flexibility index (Phi) is 5.69. The number of halogens is 2. The summed E-state index contributed by atoms with van der Waals surface area (Å²) in [5.41, 5.74) is 1.77. The van der Waals surface area contributed by atoms with Crippen molar-refractivity contribution in [2.75, 3.05) is 31.1 Å². The predicted octanol–water partition coefficient (Wildman–Crippen LogP) is 3.44. The molecule has 0 saturated carbocycles. The van der Waals surface area contributed by atoms with Gasteiger partial charge in [0, 0.05) is 32.7 Å².